The maximum absolute atomic E-state index is 13.7. The summed E-state index contributed by atoms with van der Waals surface area (Å²) < 4.78 is 18.8. The summed E-state index contributed by atoms with van der Waals surface area (Å²) in [6, 6.07) is 4.30. The molecule has 3 N–H and O–H groups in total. The summed E-state index contributed by atoms with van der Waals surface area (Å²) in [4.78, 5) is 10.9. The highest BCUT2D eigenvalue weighted by Crippen LogP contribution is 2.25. The van der Waals surface area contributed by atoms with E-state index in [2.05, 4.69) is 12.2 Å². The van der Waals surface area contributed by atoms with Crippen LogP contribution < -0.4 is 11.1 Å². The molecule has 4 nitrogen and oxygen atoms in total. The van der Waals surface area contributed by atoms with Crippen LogP contribution in [0.15, 0.2) is 18.2 Å². The van der Waals surface area contributed by atoms with Gasteiger partial charge in [-0.1, -0.05) is 13.0 Å². The summed E-state index contributed by atoms with van der Waals surface area (Å²) in [7, 11) is 0. The molecule has 5 heteroatoms. The lowest BCUT2D eigenvalue weighted by Gasteiger charge is -2.38. The Balaban J connectivity index is 1.91. The van der Waals surface area contributed by atoms with Gasteiger partial charge in [0.15, 0.2) is 0 Å². The highest BCUT2D eigenvalue weighted by Gasteiger charge is 2.32. The molecule has 0 aromatic heterocycles. The molecule has 2 rings (SSSR count). The second-order valence-electron chi connectivity index (χ2n) is 5.08. The van der Waals surface area contributed by atoms with Crippen LogP contribution in [0.5, 0.6) is 0 Å². The molecule has 1 aromatic carbocycles. The summed E-state index contributed by atoms with van der Waals surface area (Å²) >= 11 is 0. The van der Waals surface area contributed by atoms with Crippen molar-refractivity contribution in [3.05, 3.63) is 35.1 Å². The predicted molar refractivity (Wildman–Crippen MR) is 65.6 cm³/mol. The van der Waals surface area contributed by atoms with E-state index in [0.717, 1.165) is 19.8 Å². The molecule has 0 spiro atoms. The minimum absolute atomic E-state index is 0.156. The average Bonchev–Trinajstić information content (AvgIpc) is 2.28. The Labute approximate surface area is 105 Å². The standard InChI is InChI=1S/C13H17FN2O2/c1-13(7-18-8-13)6-16-5-10-3-2-9(12(15)17)4-11(10)14/h2-4,16H,5-8H2,1H3,(H2,15,17). The molecular formula is C13H17FN2O2. The maximum atomic E-state index is 13.7. The van der Waals surface area contributed by atoms with E-state index in [1.54, 1.807) is 6.07 Å². The van der Waals surface area contributed by atoms with Gasteiger partial charge in [0.1, 0.15) is 5.82 Å². The summed E-state index contributed by atoms with van der Waals surface area (Å²) in [6.07, 6.45) is 0. The number of nitrogens with one attached hydrogen (secondary N) is 1. The number of rotatable bonds is 5. The molecule has 1 fully saturated rings. The first-order chi connectivity index (χ1) is 8.50. The van der Waals surface area contributed by atoms with Crippen LogP contribution in [0.25, 0.3) is 0 Å². The van der Waals surface area contributed by atoms with Crippen LogP contribution in [0.2, 0.25) is 0 Å². The molecule has 0 bridgehead atoms. The Bertz CT molecular complexity index is 458. The number of halogens is 1. The molecule has 0 saturated carbocycles. The van der Waals surface area contributed by atoms with Crippen LogP contribution in [0.4, 0.5) is 4.39 Å². The van der Waals surface area contributed by atoms with Crippen LogP contribution >= 0.6 is 0 Å². The average molecular weight is 252 g/mol. The zero-order valence-electron chi connectivity index (χ0n) is 10.3. The molecular weight excluding hydrogens is 235 g/mol. The molecule has 1 aromatic rings. The van der Waals surface area contributed by atoms with Crippen molar-refractivity contribution >= 4 is 5.91 Å². The van der Waals surface area contributed by atoms with Crippen LogP contribution in [0, 0.1) is 11.2 Å². The molecule has 1 saturated heterocycles. The normalized spacial score (nSPS) is 17.2. The molecule has 18 heavy (non-hydrogen) atoms. The van der Waals surface area contributed by atoms with E-state index in [0.29, 0.717) is 12.1 Å². The summed E-state index contributed by atoms with van der Waals surface area (Å²) in [6.45, 7) is 4.81. The first-order valence-electron chi connectivity index (χ1n) is 5.87. The zero-order valence-corrected chi connectivity index (χ0v) is 10.3. The molecule has 0 radical (unpaired) electrons. The van der Waals surface area contributed by atoms with E-state index in [4.69, 9.17) is 10.5 Å². The van der Waals surface area contributed by atoms with Crippen molar-refractivity contribution in [2.45, 2.75) is 13.5 Å². The van der Waals surface area contributed by atoms with Gasteiger partial charge in [-0.2, -0.15) is 0 Å². The first-order valence-corrected chi connectivity index (χ1v) is 5.87. The van der Waals surface area contributed by atoms with Crippen molar-refractivity contribution in [1.29, 1.82) is 0 Å². The third-order valence-electron chi connectivity index (χ3n) is 3.11. The van der Waals surface area contributed by atoms with E-state index in [1.165, 1.54) is 12.1 Å². The molecule has 0 atom stereocenters. The van der Waals surface area contributed by atoms with Crippen LogP contribution in [-0.2, 0) is 11.3 Å². The fourth-order valence-corrected chi connectivity index (χ4v) is 1.90. The van der Waals surface area contributed by atoms with Gasteiger partial charge in [-0.05, 0) is 12.1 Å². The maximum Gasteiger partial charge on any atom is 0.248 e. The lowest BCUT2D eigenvalue weighted by atomic mass is 9.89. The number of primary amides is 1. The van der Waals surface area contributed by atoms with Crippen molar-refractivity contribution in [2.75, 3.05) is 19.8 Å². The van der Waals surface area contributed by atoms with Crippen molar-refractivity contribution in [3.63, 3.8) is 0 Å². The summed E-state index contributed by atoms with van der Waals surface area (Å²) in [5.41, 5.74) is 5.96. The van der Waals surface area contributed by atoms with E-state index < -0.39 is 11.7 Å². The van der Waals surface area contributed by atoms with Gasteiger partial charge in [0.2, 0.25) is 5.91 Å². The topological polar surface area (TPSA) is 64.3 Å². The van der Waals surface area contributed by atoms with Crippen molar-refractivity contribution in [3.8, 4) is 0 Å². The Kier molecular flexibility index (Phi) is 3.63. The molecule has 1 aliphatic rings. The highest BCUT2D eigenvalue weighted by atomic mass is 19.1. The van der Waals surface area contributed by atoms with Gasteiger partial charge in [-0.25, -0.2) is 4.39 Å². The first kappa shape index (κ1) is 13.0. The second-order valence-corrected chi connectivity index (χ2v) is 5.08. The van der Waals surface area contributed by atoms with Crippen molar-refractivity contribution in [2.24, 2.45) is 11.1 Å². The van der Waals surface area contributed by atoms with Gasteiger partial charge in [0, 0.05) is 29.6 Å². The Hall–Kier alpha value is -1.46. The molecule has 0 aliphatic carbocycles. The Morgan fingerprint density at radius 1 is 1.56 bits per heavy atom. The van der Waals surface area contributed by atoms with E-state index in [-0.39, 0.29) is 11.0 Å². The molecule has 1 heterocycles. The van der Waals surface area contributed by atoms with Gasteiger partial charge in [0.05, 0.1) is 13.2 Å². The van der Waals surface area contributed by atoms with Gasteiger partial charge in [-0.3, -0.25) is 4.79 Å². The van der Waals surface area contributed by atoms with Crippen LogP contribution in [-0.4, -0.2) is 25.7 Å². The Morgan fingerprint density at radius 2 is 2.28 bits per heavy atom. The second kappa shape index (κ2) is 5.04. The largest absolute Gasteiger partial charge is 0.380 e. The van der Waals surface area contributed by atoms with Crippen LogP contribution in [0.1, 0.15) is 22.8 Å². The van der Waals surface area contributed by atoms with Gasteiger partial charge in [0.25, 0.3) is 0 Å². The van der Waals surface area contributed by atoms with E-state index in [9.17, 15) is 9.18 Å². The monoisotopic (exact) mass is 252 g/mol. The fourth-order valence-electron chi connectivity index (χ4n) is 1.90. The quantitative estimate of drug-likeness (QED) is 0.823. The van der Waals surface area contributed by atoms with Gasteiger partial charge in [-0.15, -0.1) is 0 Å². The minimum Gasteiger partial charge on any atom is -0.380 e. The third-order valence-corrected chi connectivity index (χ3v) is 3.11. The van der Waals surface area contributed by atoms with Gasteiger partial charge >= 0.3 is 0 Å². The number of hydrogen-bond acceptors (Lipinski definition) is 3. The summed E-state index contributed by atoms with van der Waals surface area (Å²) in [5, 5.41) is 3.20. The van der Waals surface area contributed by atoms with Crippen molar-refractivity contribution in [1.82, 2.24) is 5.32 Å². The number of amides is 1. The molecule has 1 amide bonds. The van der Waals surface area contributed by atoms with Crippen LogP contribution in [0.3, 0.4) is 0 Å². The minimum atomic E-state index is -0.618. The number of carbonyl (C=O) groups is 1. The van der Waals surface area contributed by atoms with Crippen molar-refractivity contribution < 1.29 is 13.9 Å². The predicted octanol–water partition coefficient (Wildman–Crippen LogP) is 1.05. The number of carbonyl (C=O) groups excluding carboxylic acids is 1. The fraction of sp³-hybridized carbons (Fsp3) is 0.462. The SMILES string of the molecule is CC1(CNCc2ccc(C(N)=O)cc2F)COC1. The van der Waals surface area contributed by atoms with E-state index in [1.807, 2.05) is 0 Å². The summed E-state index contributed by atoms with van der Waals surface area (Å²) in [5.74, 6) is -1.03. The van der Waals surface area contributed by atoms with E-state index >= 15 is 0 Å². The highest BCUT2D eigenvalue weighted by molar-refractivity contribution is 5.92. The Morgan fingerprint density at radius 3 is 2.78 bits per heavy atom. The smallest absolute Gasteiger partial charge is 0.248 e. The lowest BCUT2D eigenvalue weighted by molar-refractivity contribution is -0.0991. The lowest BCUT2D eigenvalue weighted by Crippen LogP contribution is -2.47. The number of nitrogens with two attached hydrogens (primary N) is 1. The molecule has 1 aliphatic heterocycles. The molecule has 0 unspecified atom stereocenters. The number of hydrogen-bond donors (Lipinski definition) is 2. The zero-order chi connectivity index (χ0) is 13.2. The number of ether oxygens (including phenoxy) is 1. The third kappa shape index (κ3) is 2.86. The molecule has 98 valence electrons. The van der Waals surface area contributed by atoms with Gasteiger partial charge < -0.3 is 15.8 Å². The number of benzene rings is 1.